The van der Waals surface area contributed by atoms with Gasteiger partial charge in [0, 0.05) is 18.2 Å². The van der Waals surface area contributed by atoms with Crippen molar-refractivity contribution < 1.29 is 22.7 Å². The Labute approximate surface area is 182 Å². The van der Waals surface area contributed by atoms with Gasteiger partial charge in [0.1, 0.15) is 5.75 Å². The standard InChI is InChI=1S/C23H22F3N3O3/c1-15-6-8-17(9-7-15)20-10-11-21(30)29(28-20)13-12-27-22(31)16(2)32-19-5-3-4-18(14-19)23(24,25)26/h3-11,14,16H,12-13H2,1-2H3,(H,27,31). The van der Waals surface area contributed by atoms with E-state index in [1.807, 2.05) is 31.2 Å². The van der Waals surface area contributed by atoms with Crippen LogP contribution in [-0.2, 0) is 17.5 Å². The number of amides is 1. The molecule has 0 saturated heterocycles. The minimum atomic E-state index is -4.50. The minimum absolute atomic E-state index is 0.0637. The van der Waals surface area contributed by atoms with Gasteiger partial charge in [-0.15, -0.1) is 0 Å². The van der Waals surface area contributed by atoms with Gasteiger partial charge in [-0.3, -0.25) is 9.59 Å². The molecule has 32 heavy (non-hydrogen) atoms. The molecule has 1 aromatic heterocycles. The number of rotatable bonds is 7. The van der Waals surface area contributed by atoms with Gasteiger partial charge in [0.2, 0.25) is 0 Å². The number of ether oxygens (including phenoxy) is 1. The molecule has 1 N–H and O–H groups in total. The first-order valence-corrected chi connectivity index (χ1v) is 9.90. The van der Waals surface area contributed by atoms with Crippen LogP contribution >= 0.6 is 0 Å². The topological polar surface area (TPSA) is 73.2 Å². The molecule has 168 valence electrons. The fraction of sp³-hybridized carbons (Fsp3) is 0.261. The third-order valence-electron chi connectivity index (χ3n) is 4.68. The predicted molar refractivity (Wildman–Crippen MR) is 113 cm³/mol. The Balaban J connectivity index is 1.58. The average Bonchev–Trinajstić information content (AvgIpc) is 2.75. The van der Waals surface area contributed by atoms with Gasteiger partial charge >= 0.3 is 6.18 Å². The third kappa shape index (κ3) is 5.96. The Bertz CT molecular complexity index is 1140. The van der Waals surface area contributed by atoms with Crippen LogP contribution < -0.4 is 15.6 Å². The number of carbonyl (C=O) groups is 1. The normalized spacial score (nSPS) is 12.3. The van der Waals surface area contributed by atoms with E-state index in [-0.39, 0.29) is 24.4 Å². The molecule has 6 nitrogen and oxygen atoms in total. The van der Waals surface area contributed by atoms with Crippen molar-refractivity contribution in [3.63, 3.8) is 0 Å². The summed E-state index contributed by atoms with van der Waals surface area (Å²) in [6.07, 6.45) is -5.53. The van der Waals surface area contributed by atoms with E-state index in [9.17, 15) is 22.8 Å². The van der Waals surface area contributed by atoms with Crippen LogP contribution in [0.2, 0.25) is 0 Å². The molecule has 1 unspecified atom stereocenters. The van der Waals surface area contributed by atoms with Gasteiger partial charge in [-0.05, 0) is 38.1 Å². The Hall–Kier alpha value is -3.62. The average molecular weight is 445 g/mol. The summed E-state index contributed by atoms with van der Waals surface area (Å²) in [5.41, 5.74) is 1.41. The van der Waals surface area contributed by atoms with E-state index in [1.54, 1.807) is 6.07 Å². The van der Waals surface area contributed by atoms with E-state index in [0.29, 0.717) is 5.69 Å². The minimum Gasteiger partial charge on any atom is -0.481 e. The van der Waals surface area contributed by atoms with E-state index in [0.717, 1.165) is 23.3 Å². The summed E-state index contributed by atoms with van der Waals surface area (Å²) in [6.45, 7) is 3.62. The lowest BCUT2D eigenvalue weighted by Gasteiger charge is -2.16. The fourth-order valence-electron chi connectivity index (χ4n) is 2.92. The molecule has 0 aliphatic carbocycles. The van der Waals surface area contributed by atoms with Crippen molar-refractivity contribution in [1.29, 1.82) is 0 Å². The van der Waals surface area contributed by atoms with Crippen molar-refractivity contribution in [1.82, 2.24) is 15.1 Å². The van der Waals surface area contributed by atoms with E-state index in [2.05, 4.69) is 10.4 Å². The van der Waals surface area contributed by atoms with Crippen molar-refractivity contribution in [2.75, 3.05) is 6.54 Å². The first-order chi connectivity index (χ1) is 15.1. The maximum absolute atomic E-state index is 12.8. The lowest BCUT2D eigenvalue weighted by Crippen LogP contribution is -2.39. The SMILES string of the molecule is Cc1ccc(-c2ccc(=O)n(CCNC(=O)C(C)Oc3cccc(C(F)(F)F)c3)n2)cc1. The number of carbonyl (C=O) groups excluding carboxylic acids is 1. The van der Waals surface area contributed by atoms with Gasteiger partial charge in [0.05, 0.1) is 17.8 Å². The van der Waals surface area contributed by atoms with Crippen molar-refractivity contribution >= 4 is 5.91 Å². The lowest BCUT2D eigenvalue weighted by atomic mass is 10.1. The van der Waals surface area contributed by atoms with Crippen molar-refractivity contribution in [3.05, 3.63) is 82.1 Å². The lowest BCUT2D eigenvalue weighted by molar-refractivity contribution is -0.137. The molecular formula is C23H22F3N3O3. The van der Waals surface area contributed by atoms with E-state index in [1.165, 1.54) is 29.8 Å². The number of aromatic nitrogens is 2. The zero-order chi connectivity index (χ0) is 23.3. The second-order valence-corrected chi connectivity index (χ2v) is 7.22. The molecule has 0 bridgehead atoms. The van der Waals surface area contributed by atoms with E-state index in [4.69, 9.17) is 4.74 Å². The summed E-state index contributed by atoms with van der Waals surface area (Å²) in [7, 11) is 0. The van der Waals surface area contributed by atoms with Gasteiger partial charge in [-0.25, -0.2) is 4.68 Å². The number of hydrogen-bond donors (Lipinski definition) is 1. The van der Waals surface area contributed by atoms with Crippen LogP contribution in [0.25, 0.3) is 11.3 Å². The molecule has 3 rings (SSSR count). The largest absolute Gasteiger partial charge is 0.481 e. The molecule has 1 amide bonds. The zero-order valence-electron chi connectivity index (χ0n) is 17.5. The molecule has 0 saturated carbocycles. The summed E-state index contributed by atoms with van der Waals surface area (Å²) < 4.78 is 45.0. The number of aryl methyl sites for hydroxylation is 1. The van der Waals surface area contributed by atoms with Crippen LogP contribution in [0.15, 0.2) is 65.5 Å². The molecule has 2 aromatic carbocycles. The Kier molecular flexibility index (Phi) is 6.97. The Morgan fingerprint density at radius 3 is 2.53 bits per heavy atom. The molecule has 0 radical (unpaired) electrons. The highest BCUT2D eigenvalue weighted by molar-refractivity contribution is 5.80. The van der Waals surface area contributed by atoms with E-state index < -0.39 is 23.8 Å². The quantitative estimate of drug-likeness (QED) is 0.600. The number of nitrogens with one attached hydrogen (secondary N) is 1. The summed E-state index contributed by atoms with van der Waals surface area (Å²) in [6, 6.07) is 15.0. The van der Waals surface area contributed by atoms with Crippen molar-refractivity contribution in [2.24, 2.45) is 0 Å². The van der Waals surface area contributed by atoms with Crippen LogP contribution in [0.5, 0.6) is 5.75 Å². The molecule has 0 fully saturated rings. The van der Waals surface area contributed by atoms with Crippen molar-refractivity contribution in [2.45, 2.75) is 32.7 Å². The number of alkyl halides is 3. The first kappa shape index (κ1) is 23.1. The second kappa shape index (κ2) is 9.67. The fourth-order valence-corrected chi connectivity index (χ4v) is 2.92. The summed E-state index contributed by atoms with van der Waals surface area (Å²) in [5.74, 6) is -0.587. The van der Waals surface area contributed by atoms with E-state index >= 15 is 0 Å². The van der Waals surface area contributed by atoms with Gasteiger partial charge < -0.3 is 10.1 Å². The highest BCUT2D eigenvalue weighted by atomic mass is 19.4. The Morgan fingerprint density at radius 1 is 1.12 bits per heavy atom. The molecule has 9 heteroatoms. The molecule has 3 aromatic rings. The molecule has 1 atom stereocenters. The zero-order valence-corrected chi connectivity index (χ0v) is 17.5. The summed E-state index contributed by atoms with van der Waals surface area (Å²) >= 11 is 0. The highest BCUT2D eigenvalue weighted by Gasteiger charge is 2.30. The van der Waals surface area contributed by atoms with Gasteiger partial charge in [-0.2, -0.15) is 18.3 Å². The summed E-state index contributed by atoms with van der Waals surface area (Å²) in [4.78, 5) is 24.4. The molecule has 0 aliphatic heterocycles. The number of benzene rings is 2. The Morgan fingerprint density at radius 2 is 1.84 bits per heavy atom. The molecule has 1 heterocycles. The maximum Gasteiger partial charge on any atom is 0.416 e. The molecular weight excluding hydrogens is 423 g/mol. The van der Waals surface area contributed by atoms with Crippen LogP contribution in [0.4, 0.5) is 13.2 Å². The second-order valence-electron chi connectivity index (χ2n) is 7.22. The van der Waals surface area contributed by atoms with Crippen LogP contribution in [-0.4, -0.2) is 28.3 Å². The number of hydrogen-bond acceptors (Lipinski definition) is 4. The van der Waals surface area contributed by atoms with Crippen LogP contribution in [0.3, 0.4) is 0 Å². The third-order valence-corrected chi connectivity index (χ3v) is 4.68. The smallest absolute Gasteiger partial charge is 0.416 e. The first-order valence-electron chi connectivity index (χ1n) is 9.90. The van der Waals surface area contributed by atoms with Gasteiger partial charge in [0.25, 0.3) is 11.5 Å². The van der Waals surface area contributed by atoms with Gasteiger partial charge in [0.15, 0.2) is 6.10 Å². The highest BCUT2D eigenvalue weighted by Crippen LogP contribution is 2.31. The molecule has 0 spiro atoms. The number of nitrogens with zero attached hydrogens (tertiary/aromatic N) is 2. The number of halogens is 3. The van der Waals surface area contributed by atoms with Crippen LogP contribution in [0.1, 0.15) is 18.1 Å². The van der Waals surface area contributed by atoms with Crippen molar-refractivity contribution in [3.8, 4) is 17.0 Å². The monoisotopic (exact) mass is 445 g/mol. The van der Waals surface area contributed by atoms with Gasteiger partial charge in [-0.1, -0.05) is 35.9 Å². The maximum atomic E-state index is 12.8. The summed E-state index contributed by atoms with van der Waals surface area (Å²) in [5, 5.41) is 6.93. The van der Waals surface area contributed by atoms with Crippen LogP contribution in [0, 0.1) is 6.92 Å². The molecule has 0 aliphatic rings. The predicted octanol–water partition coefficient (Wildman–Crippen LogP) is 3.82.